The first-order valence-corrected chi connectivity index (χ1v) is 7.05. The van der Waals surface area contributed by atoms with Crippen molar-refractivity contribution in [3.63, 3.8) is 0 Å². The Labute approximate surface area is 121 Å². The van der Waals surface area contributed by atoms with E-state index in [1.165, 1.54) is 4.90 Å². The minimum atomic E-state index is -0.778. The van der Waals surface area contributed by atoms with E-state index in [2.05, 4.69) is 51.5 Å². The number of carbonyl (C=O) groups excluding carboxylic acids is 2. The van der Waals surface area contributed by atoms with Crippen molar-refractivity contribution in [2.75, 3.05) is 13.6 Å². The zero-order chi connectivity index (χ0) is 15.3. The summed E-state index contributed by atoms with van der Waals surface area (Å²) >= 11 is 0. The van der Waals surface area contributed by atoms with Gasteiger partial charge < -0.3 is 5.32 Å². The summed E-state index contributed by atoms with van der Waals surface area (Å²) in [5, 5.41) is 2.95. The Hall–Kier alpha value is -1.36. The highest BCUT2D eigenvalue weighted by Gasteiger charge is 2.60. The molecule has 1 spiro atoms. The van der Waals surface area contributed by atoms with Gasteiger partial charge in [-0.3, -0.25) is 14.6 Å². The lowest BCUT2D eigenvalue weighted by atomic mass is 9.69. The number of nitrogens with zero attached hydrogens (tertiary/aromatic N) is 2. The number of amides is 3. The van der Waals surface area contributed by atoms with Crippen LogP contribution in [-0.2, 0) is 4.79 Å². The smallest absolute Gasteiger partial charge is 0.323 e. The van der Waals surface area contributed by atoms with Gasteiger partial charge in [-0.05, 0) is 47.6 Å². The van der Waals surface area contributed by atoms with E-state index < -0.39 is 5.54 Å². The Bertz CT molecular complexity index is 450. The van der Waals surface area contributed by atoms with Gasteiger partial charge >= 0.3 is 6.03 Å². The van der Waals surface area contributed by atoms with E-state index in [9.17, 15) is 9.59 Å². The van der Waals surface area contributed by atoms with E-state index in [0.717, 1.165) is 0 Å². The van der Waals surface area contributed by atoms with E-state index in [0.29, 0.717) is 12.8 Å². The molecule has 5 nitrogen and oxygen atoms in total. The van der Waals surface area contributed by atoms with Gasteiger partial charge in [0, 0.05) is 17.6 Å². The van der Waals surface area contributed by atoms with Gasteiger partial charge in [0.15, 0.2) is 0 Å². The molecule has 2 fully saturated rings. The van der Waals surface area contributed by atoms with Crippen LogP contribution in [0.5, 0.6) is 0 Å². The van der Waals surface area contributed by atoms with Crippen molar-refractivity contribution in [3.05, 3.63) is 12.7 Å². The third kappa shape index (κ3) is 2.04. The molecule has 3 amide bonds. The van der Waals surface area contributed by atoms with Gasteiger partial charge in [0.2, 0.25) is 0 Å². The van der Waals surface area contributed by atoms with E-state index in [-0.39, 0.29) is 29.6 Å². The Kier molecular flexibility index (Phi) is 3.25. The Morgan fingerprint density at radius 2 is 1.70 bits per heavy atom. The molecule has 0 aliphatic carbocycles. The molecule has 2 aliphatic heterocycles. The standard InChI is InChI=1S/C15H25N3O2/c1-7-8-18-11(19)15(16-12(18)20)9-13(2,3)17(6)14(4,5)10-15/h7H,1,8-10H2,2-6H3,(H,16,20). The summed E-state index contributed by atoms with van der Waals surface area (Å²) in [4.78, 5) is 28.4. The number of hydrogen-bond donors (Lipinski definition) is 1. The van der Waals surface area contributed by atoms with Crippen LogP contribution in [0.25, 0.3) is 0 Å². The molecule has 0 aromatic heterocycles. The van der Waals surface area contributed by atoms with Crippen LogP contribution in [-0.4, -0.2) is 51.9 Å². The zero-order valence-electron chi connectivity index (χ0n) is 13.1. The third-order valence-corrected chi connectivity index (χ3v) is 4.84. The highest BCUT2D eigenvalue weighted by atomic mass is 16.2. The van der Waals surface area contributed by atoms with E-state index >= 15 is 0 Å². The topological polar surface area (TPSA) is 52.7 Å². The SMILES string of the molecule is C=CCN1C(=O)NC2(CC(C)(C)N(C)C(C)(C)C2)C1=O. The summed E-state index contributed by atoms with van der Waals surface area (Å²) in [5.74, 6) is -0.114. The average molecular weight is 279 g/mol. The van der Waals surface area contributed by atoms with E-state index in [1.54, 1.807) is 6.08 Å². The first-order chi connectivity index (χ1) is 9.06. The molecule has 0 unspecified atom stereocenters. The van der Waals surface area contributed by atoms with Gasteiger partial charge in [0.25, 0.3) is 5.91 Å². The first-order valence-electron chi connectivity index (χ1n) is 7.05. The fraction of sp³-hybridized carbons (Fsp3) is 0.733. The van der Waals surface area contributed by atoms with Crippen LogP contribution in [0.3, 0.4) is 0 Å². The molecule has 2 aliphatic rings. The van der Waals surface area contributed by atoms with Crippen LogP contribution < -0.4 is 5.32 Å². The van der Waals surface area contributed by atoms with Crippen molar-refractivity contribution in [2.45, 2.75) is 57.2 Å². The maximum absolute atomic E-state index is 12.7. The molecule has 0 saturated carbocycles. The van der Waals surface area contributed by atoms with Crippen LogP contribution in [0.2, 0.25) is 0 Å². The van der Waals surface area contributed by atoms with Gasteiger partial charge in [0.05, 0.1) is 0 Å². The van der Waals surface area contributed by atoms with Gasteiger partial charge in [-0.2, -0.15) is 0 Å². The molecule has 20 heavy (non-hydrogen) atoms. The van der Waals surface area contributed by atoms with E-state index in [4.69, 9.17) is 0 Å². The highest BCUT2D eigenvalue weighted by molar-refractivity contribution is 6.07. The fourth-order valence-corrected chi connectivity index (χ4v) is 3.81. The van der Waals surface area contributed by atoms with Crippen molar-refractivity contribution in [1.29, 1.82) is 0 Å². The number of imide groups is 1. The third-order valence-electron chi connectivity index (χ3n) is 4.84. The quantitative estimate of drug-likeness (QED) is 0.619. The molecule has 2 saturated heterocycles. The largest absolute Gasteiger partial charge is 0.325 e. The number of hydrogen-bond acceptors (Lipinski definition) is 3. The summed E-state index contributed by atoms with van der Waals surface area (Å²) in [6.07, 6.45) is 2.83. The van der Waals surface area contributed by atoms with Crippen molar-refractivity contribution in [1.82, 2.24) is 15.1 Å². The zero-order valence-corrected chi connectivity index (χ0v) is 13.1. The molecule has 0 aromatic rings. The number of likely N-dealkylation sites (tertiary alicyclic amines) is 1. The molecule has 5 heteroatoms. The molecule has 0 aromatic carbocycles. The average Bonchev–Trinajstić information content (AvgIpc) is 2.50. The molecular formula is C15H25N3O2. The molecule has 0 radical (unpaired) electrons. The number of rotatable bonds is 2. The molecule has 0 bridgehead atoms. The molecule has 2 rings (SSSR count). The van der Waals surface area contributed by atoms with Gasteiger partial charge in [-0.1, -0.05) is 6.08 Å². The molecule has 2 heterocycles. The fourth-order valence-electron chi connectivity index (χ4n) is 3.81. The highest BCUT2D eigenvalue weighted by Crippen LogP contribution is 2.44. The van der Waals surface area contributed by atoms with Crippen molar-refractivity contribution in [2.24, 2.45) is 0 Å². The second kappa shape index (κ2) is 4.32. The van der Waals surface area contributed by atoms with Crippen LogP contribution in [0.1, 0.15) is 40.5 Å². The lowest BCUT2D eigenvalue weighted by molar-refractivity contribution is -0.139. The molecular weight excluding hydrogens is 254 g/mol. The van der Waals surface area contributed by atoms with Gasteiger partial charge in [-0.25, -0.2) is 4.79 Å². The molecule has 0 atom stereocenters. The predicted octanol–water partition coefficient (Wildman–Crippen LogP) is 1.75. The lowest BCUT2D eigenvalue weighted by Crippen LogP contribution is -2.68. The maximum atomic E-state index is 12.7. The maximum Gasteiger partial charge on any atom is 0.325 e. The first kappa shape index (κ1) is 15.0. The minimum absolute atomic E-state index is 0.114. The number of carbonyl (C=O) groups is 2. The van der Waals surface area contributed by atoms with Crippen LogP contribution in [0, 0.1) is 0 Å². The van der Waals surface area contributed by atoms with Crippen molar-refractivity contribution < 1.29 is 9.59 Å². The number of piperidine rings is 1. The lowest BCUT2D eigenvalue weighted by Gasteiger charge is -2.56. The number of urea groups is 1. The minimum Gasteiger partial charge on any atom is -0.323 e. The summed E-state index contributed by atoms with van der Waals surface area (Å²) in [6, 6.07) is -0.300. The predicted molar refractivity (Wildman–Crippen MR) is 78.3 cm³/mol. The Balaban J connectivity index is 2.39. The molecule has 112 valence electrons. The summed E-state index contributed by atoms with van der Waals surface area (Å²) < 4.78 is 0. The van der Waals surface area contributed by atoms with Gasteiger partial charge in [0.1, 0.15) is 5.54 Å². The number of nitrogens with one attached hydrogen (secondary N) is 1. The van der Waals surface area contributed by atoms with E-state index in [1.807, 2.05) is 0 Å². The molecule has 1 N–H and O–H groups in total. The van der Waals surface area contributed by atoms with Crippen LogP contribution >= 0.6 is 0 Å². The second-order valence-electron chi connectivity index (χ2n) is 7.25. The monoisotopic (exact) mass is 279 g/mol. The summed E-state index contributed by atoms with van der Waals surface area (Å²) in [6.45, 7) is 12.3. The van der Waals surface area contributed by atoms with Crippen molar-refractivity contribution in [3.8, 4) is 0 Å². The Morgan fingerprint density at radius 3 is 2.15 bits per heavy atom. The Morgan fingerprint density at radius 1 is 1.20 bits per heavy atom. The second-order valence-corrected chi connectivity index (χ2v) is 7.25. The summed E-state index contributed by atoms with van der Waals surface area (Å²) in [7, 11) is 2.08. The van der Waals surface area contributed by atoms with Crippen LogP contribution in [0.15, 0.2) is 12.7 Å². The van der Waals surface area contributed by atoms with Crippen molar-refractivity contribution >= 4 is 11.9 Å². The van der Waals surface area contributed by atoms with Gasteiger partial charge in [-0.15, -0.1) is 6.58 Å². The normalized spacial score (nSPS) is 27.8. The summed E-state index contributed by atoms with van der Waals surface area (Å²) in [5.41, 5.74) is -1.09. The van der Waals surface area contributed by atoms with Crippen LogP contribution in [0.4, 0.5) is 4.79 Å².